The van der Waals surface area contributed by atoms with Crippen molar-refractivity contribution in [3.8, 4) is 5.75 Å². The van der Waals surface area contributed by atoms with E-state index in [0.717, 1.165) is 17.4 Å². The van der Waals surface area contributed by atoms with Crippen LogP contribution in [0.25, 0.3) is 0 Å². The number of urea groups is 1. The third-order valence-corrected chi connectivity index (χ3v) is 11.4. The van der Waals surface area contributed by atoms with Crippen LogP contribution in [0.4, 0.5) is 4.79 Å². The van der Waals surface area contributed by atoms with E-state index in [2.05, 4.69) is 0 Å². The molecule has 2 aliphatic rings. The molecule has 0 bridgehead atoms. The van der Waals surface area contributed by atoms with Gasteiger partial charge in [-0.3, -0.25) is 14.7 Å². The molecule has 2 atom stereocenters. The molecule has 250 valence electrons. The Kier molecular flexibility index (Phi) is 9.91. The van der Waals surface area contributed by atoms with Crippen LogP contribution in [0.1, 0.15) is 56.7 Å². The summed E-state index contributed by atoms with van der Waals surface area (Å²) < 4.78 is 31.8. The highest BCUT2D eigenvalue weighted by atomic mass is 35.5. The zero-order valence-corrected chi connectivity index (χ0v) is 29.7. The highest BCUT2D eigenvalue weighted by Gasteiger charge is 2.60. The number of piperidine rings is 1. The normalized spacial score (nSPS) is 21.9. The lowest BCUT2D eigenvalue weighted by Gasteiger charge is -2.47. The van der Waals surface area contributed by atoms with E-state index in [1.165, 1.54) is 12.1 Å². The van der Waals surface area contributed by atoms with E-state index in [1.54, 1.807) is 41.0 Å². The maximum Gasteiger partial charge on any atom is 0.326 e. The molecule has 3 amide bonds. The molecule has 5 rings (SSSR count). The van der Waals surface area contributed by atoms with Crippen molar-refractivity contribution in [3.63, 3.8) is 0 Å². The predicted molar refractivity (Wildman–Crippen MR) is 185 cm³/mol. The van der Waals surface area contributed by atoms with Crippen molar-refractivity contribution in [2.45, 2.75) is 56.0 Å². The second kappa shape index (κ2) is 13.3. The number of ether oxygens (including phenoxy) is 1. The first-order chi connectivity index (χ1) is 22.1. The molecule has 2 N–H and O–H groups in total. The van der Waals surface area contributed by atoms with Gasteiger partial charge in [-0.2, -0.15) is 0 Å². The van der Waals surface area contributed by atoms with E-state index >= 15 is 4.79 Å². The second-order valence-corrected chi connectivity index (χ2v) is 15.6. The summed E-state index contributed by atoms with van der Waals surface area (Å²) in [6, 6.07) is 17.1. The van der Waals surface area contributed by atoms with Crippen molar-refractivity contribution in [2.75, 3.05) is 26.0 Å². The monoisotopic (exact) mass is 718 g/mol. The average molecular weight is 720 g/mol. The first-order valence-corrected chi connectivity index (χ1v) is 18.3. The quantitative estimate of drug-likeness (QED) is 0.268. The highest BCUT2D eigenvalue weighted by Crippen LogP contribution is 2.54. The number of nitrogens with two attached hydrogens (primary N) is 1. The van der Waals surface area contributed by atoms with Gasteiger partial charge in [0.2, 0.25) is 5.91 Å². The first-order valence-electron chi connectivity index (χ1n) is 15.3. The van der Waals surface area contributed by atoms with Gasteiger partial charge in [0.25, 0.3) is 0 Å². The molecule has 0 aromatic heterocycles. The van der Waals surface area contributed by atoms with Crippen molar-refractivity contribution in [1.82, 2.24) is 9.80 Å². The number of aliphatic imine (C=N–C) groups is 1. The molecule has 9 nitrogen and oxygen atoms in total. The van der Waals surface area contributed by atoms with Gasteiger partial charge in [-0.15, -0.1) is 0 Å². The number of nitrogens with zero attached hydrogens (tertiary/aromatic N) is 3. The summed E-state index contributed by atoms with van der Waals surface area (Å²) in [5.41, 5.74) is 4.96. The van der Waals surface area contributed by atoms with Gasteiger partial charge in [0.1, 0.15) is 22.7 Å². The van der Waals surface area contributed by atoms with Crippen LogP contribution in [-0.4, -0.2) is 61.9 Å². The van der Waals surface area contributed by atoms with Gasteiger partial charge in [-0.25, -0.2) is 13.2 Å². The third kappa shape index (κ3) is 6.57. The molecule has 0 radical (unpaired) electrons. The van der Waals surface area contributed by atoms with Gasteiger partial charge in [-0.1, -0.05) is 59.1 Å². The fraction of sp³-hybridized carbons (Fsp3) is 0.382. The number of amidine groups is 1. The summed E-state index contributed by atoms with van der Waals surface area (Å²) in [5.74, 6) is 0.198. The molecule has 0 unspecified atom stereocenters. The number of hydrogen-bond acceptors (Lipinski definition) is 6. The Morgan fingerprint density at radius 3 is 2.02 bits per heavy atom. The summed E-state index contributed by atoms with van der Waals surface area (Å²) in [4.78, 5) is 35.2. The Labute approximate surface area is 290 Å². The molecule has 3 aromatic carbocycles. The molecular weight excluding hydrogens is 683 g/mol. The summed E-state index contributed by atoms with van der Waals surface area (Å²) in [7, 11) is -3.79. The van der Waals surface area contributed by atoms with Gasteiger partial charge < -0.3 is 15.4 Å². The van der Waals surface area contributed by atoms with Crippen molar-refractivity contribution < 1.29 is 22.7 Å². The Bertz CT molecular complexity index is 1830. The van der Waals surface area contributed by atoms with E-state index in [-0.39, 0.29) is 52.4 Å². The van der Waals surface area contributed by atoms with Crippen LogP contribution in [0, 0.1) is 5.92 Å². The molecule has 13 heteroatoms. The molecule has 3 aromatic rings. The molecular formula is C34H37Cl3N4O5S. The molecule has 0 aliphatic carbocycles. The van der Waals surface area contributed by atoms with Crippen LogP contribution < -0.4 is 10.5 Å². The van der Waals surface area contributed by atoms with E-state index in [0.29, 0.717) is 41.5 Å². The Morgan fingerprint density at radius 1 is 0.957 bits per heavy atom. The van der Waals surface area contributed by atoms with E-state index in [9.17, 15) is 13.2 Å². The Morgan fingerprint density at radius 2 is 1.51 bits per heavy atom. The molecule has 1 saturated heterocycles. The minimum atomic E-state index is -3.79. The molecule has 2 heterocycles. The number of amides is 3. The van der Waals surface area contributed by atoms with Crippen LogP contribution in [0.3, 0.4) is 0 Å². The van der Waals surface area contributed by atoms with Gasteiger partial charge in [0, 0.05) is 41.9 Å². The topological polar surface area (TPSA) is 122 Å². The van der Waals surface area contributed by atoms with Gasteiger partial charge in [0.05, 0.1) is 22.1 Å². The lowest BCUT2D eigenvalue weighted by Crippen LogP contribution is -2.59. The number of halogens is 3. The maximum atomic E-state index is 15.0. The van der Waals surface area contributed by atoms with Gasteiger partial charge in [0.15, 0.2) is 9.84 Å². The SMILES string of the molecule is CCOc1cc(Cl)c(S(C)(=O)=O)cc1C1=N[C@@](C)(c2ccc(Cl)cc2)[C@@](C)(c2ccc(Cl)cc2)N1C(=O)N1CCC(CC(N)=O)CC1. The number of rotatable bonds is 8. The minimum absolute atomic E-state index is 0.00590. The molecule has 1 fully saturated rings. The number of sulfone groups is 1. The van der Waals surface area contributed by atoms with E-state index < -0.39 is 20.9 Å². The van der Waals surface area contributed by atoms with E-state index in [4.69, 9.17) is 50.3 Å². The minimum Gasteiger partial charge on any atom is -0.493 e. The fourth-order valence-corrected chi connectivity index (χ4v) is 8.16. The molecule has 0 spiro atoms. The van der Waals surface area contributed by atoms with Gasteiger partial charge >= 0.3 is 6.03 Å². The lowest BCUT2D eigenvalue weighted by molar-refractivity contribution is -0.119. The fourth-order valence-electron chi connectivity index (χ4n) is 6.59. The number of carbonyl (C=O) groups excluding carboxylic acids is 2. The number of carbonyl (C=O) groups is 2. The molecule has 47 heavy (non-hydrogen) atoms. The second-order valence-electron chi connectivity index (χ2n) is 12.3. The van der Waals surface area contributed by atoms with Crippen LogP contribution in [0.15, 0.2) is 70.6 Å². The predicted octanol–water partition coefficient (Wildman–Crippen LogP) is 7.05. The van der Waals surface area contributed by atoms with Crippen molar-refractivity contribution in [1.29, 1.82) is 0 Å². The van der Waals surface area contributed by atoms with Gasteiger partial charge in [-0.05, 0) is 81.0 Å². The number of primary amides is 1. The first kappa shape index (κ1) is 35.0. The van der Waals surface area contributed by atoms with E-state index in [1.807, 2.05) is 38.1 Å². The zero-order valence-electron chi connectivity index (χ0n) is 26.6. The van der Waals surface area contributed by atoms with Crippen molar-refractivity contribution in [2.24, 2.45) is 16.6 Å². The summed E-state index contributed by atoms with van der Waals surface area (Å²) in [5, 5.41) is 1.05. The number of likely N-dealkylation sites (tertiary alicyclic amines) is 1. The average Bonchev–Trinajstić information content (AvgIpc) is 3.25. The standard InChI is InChI=1S/C34H37Cl3N4O5S/c1-5-46-28-20-27(37)29(47(4,44)45)19-26(28)31-39-33(2,22-6-10-24(35)11-7-22)34(3,23-8-12-25(36)13-9-23)41(31)32(43)40-16-14-21(15-17-40)18-30(38)42/h6-13,19-21H,5,14-18H2,1-4H3,(H2,38,42)/t33-,34+/m0/s1. The maximum absolute atomic E-state index is 15.0. The molecule has 0 saturated carbocycles. The van der Waals surface area contributed by atoms with Crippen LogP contribution in [0.5, 0.6) is 5.75 Å². The van der Waals surface area contributed by atoms with Crippen LogP contribution in [0.2, 0.25) is 15.1 Å². The summed E-state index contributed by atoms with van der Waals surface area (Å²) in [6.07, 6.45) is 2.53. The Hall–Kier alpha value is -3.31. The van der Waals surface area contributed by atoms with Crippen molar-refractivity contribution in [3.05, 3.63) is 92.4 Å². The summed E-state index contributed by atoms with van der Waals surface area (Å²) >= 11 is 19.1. The lowest BCUT2D eigenvalue weighted by atomic mass is 9.71. The van der Waals surface area contributed by atoms with Crippen molar-refractivity contribution >= 4 is 62.4 Å². The largest absolute Gasteiger partial charge is 0.493 e. The summed E-state index contributed by atoms with van der Waals surface area (Å²) in [6.45, 7) is 6.70. The number of benzene rings is 3. The smallest absolute Gasteiger partial charge is 0.326 e. The Balaban J connectivity index is 1.79. The molecule has 2 aliphatic heterocycles. The zero-order chi connectivity index (χ0) is 34.3. The van der Waals surface area contributed by atoms with Crippen LogP contribution >= 0.6 is 34.8 Å². The third-order valence-electron chi connectivity index (χ3n) is 9.29. The number of hydrogen-bond donors (Lipinski definition) is 1. The van der Waals surface area contributed by atoms with Crippen LogP contribution in [-0.2, 0) is 25.7 Å². The highest BCUT2D eigenvalue weighted by molar-refractivity contribution is 7.90.